The largest absolute Gasteiger partial charge is 0.507 e. The summed E-state index contributed by atoms with van der Waals surface area (Å²) >= 11 is 0. The molecule has 9 heteroatoms. The van der Waals surface area contributed by atoms with Gasteiger partial charge in [0.1, 0.15) is 10.6 Å². The molecule has 0 aliphatic heterocycles. The minimum atomic E-state index is -4.57. The molecular formula is C13H16O7S2. The van der Waals surface area contributed by atoms with Gasteiger partial charge in [-0.2, -0.15) is 16.8 Å². The van der Waals surface area contributed by atoms with Crippen molar-refractivity contribution in [2.24, 2.45) is 0 Å². The SMILES string of the molecule is CC.Cc1c(S(=O)(=O)O)cc2cc(S(=O)(=O)O)ccc2c1O. The molecular weight excluding hydrogens is 332 g/mol. The van der Waals surface area contributed by atoms with Gasteiger partial charge in [-0.15, -0.1) is 0 Å². The van der Waals surface area contributed by atoms with Crippen molar-refractivity contribution in [3.8, 4) is 5.75 Å². The third-order valence-corrected chi connectivity index (χ3v) is 4.69. The maximum atomic E-state index is 11.2. The molecule has 0 fully saturated rings. The van der Waals surface area contributed by atoms with E-state index in [0.29, 0.717) is 0 Å². The van der Waals surface area contributed by atoms with Gasteiger partial charge in [0.2, 0.25) is 0 Å². The summed E-state index contributed by atoms with van der Waals surface area (Å²) in [4.78, 5) is -0.982. The Kier molecular flexibility index (Phi) is 5.18. The summed E-state index contributed by atoms with van der Waals surface area (Å²) in [6.07, 6.45) is 0. The van der Waals surface area contributed by atoms with Gasteiger partial charge in [-0.05, 0) is 36.6 Å². The molecule has 3 N–H and O–H groups in total. The molecule has 0 saturated heterocycles. The fourth-order valence-electron chi connectivity index (χ4n) is 1.87. The van der Waals surface area contributed by atoms with Crippen molar-refractivity contribution in [1.29, 1.82) is 0 Å². The predicted molar refractivity (Wildman–Crippen MR) is 81.3 cm³/mol. The molecule has 0 aliphatic carbocycles. The molecule has 7 nitrogen and oxygen atoms in total. The van der Waals surface area contributed by atoms with Crippen LogP contribution in [0.4, 0.5) is 0 Å². The van der Waals surface area contributed by atoms with Crippen LogP contribution in [0.5, 0.6) is 5.75 Å². The standard InChI is InChI=1S/C11H10O7S2.C2H6/c1-6-10(20(16,17)18)5-7-4-8(19(13,14)15)2-3-9(7)11(6)12;1-2/h2-5,12H,1H3,(H,13,14,15)(H,16,17,18);1-2H3. The monoisotopic (exact) mass is 348 g/mol. The van der Waals surface area contributed by atoms with Crippen molar-refractivity contribution in [1.82, 2.24) is 0 Å². The molecule has 0 radical (unpaired) electrons. The first kappa shape index (κ1) is 18.4. The first-order valence-corrected chi connectivity index (χ1v) is 9.11. The number of hydrogen-bond acceptors (Lipinski definition) is 5. The highest BCUT2D eigenvalue weighted by Gasteiger charge is 2.19. The fraction of sp³-hybridized carbons (Fsp3) is 0.231. The third-order valence-electron chi connectivity index (χ3n) is 2.87. The predicted octanol–water partition coefficient (Wildman–Crippen LogP) is 2.37. The van der Waals surface area contributed by atoms with E-state index in [9.17, 15) is 21.9 Å². The lowest BCUT2D eigenvalue weighted by atomic mass is 10.1. The number of phenols is 1. The van der Waals surface area contributed by atoms with Gasteiger partial charge in [0, 0.05) is 10.9 Å². The highest BCUT2D eigenvalue weighted by molar-refractivity contribution is 7.86. The summed E-state index contributed by atoms with van der Waals surface area (Å²) in [7, 11) is -9.03. The maximum absolute atomic E-state index is 11.2. The third kappa shape index (κ3) is 3.55. The normalized spacial score (nSPS) is 11.9. The molecule has 0 saturated carbocycles. The lowest BCUT2D eigenvalue weighted by molar-refractivity contribution is 0.466. The number of rotatable bonds is 2. The van der Waals surface area contributed by atoms with Crippen LogP contribution in [0, 0.1) is 6.92 Å². The van der Waals surface area contributed by atoms with E-state index in [4.69, 9.17) is 9.11 Å². The molecule has 0 heterocycles. The molecule has 0 aromatic heterocycles. The quantitative estimate of drug-likeness (QED) is 0.710. The molecule has 2 aromatic carbocycles. The Balaban J connectivity index is 0.00000116. The second kappa shape index (κ2) is 6.21. The van der Waals surface area contributed by atoms with E-state index in [1.54, 1.807) is 0 Å². The fourth-order valence-corrected chi connectivity index (χ4v) is 3.15. The molecule has 0 aliphatic rings. The molecule has 0 atom stereocenters. The van der Waals surface area contributed by atoms with Crippen LogP contribution in [0.15, 0.2) is 34.1 Å². The first-order chi connectivity index (χ1) is 10.0. The van der Waals surface area contributed by atoms with Crippen molar-refractivity contribution >= 4 is 31.0 Å². The molecule has 122 valence electrons. The number of fused-ring (bicyclic) bond motifs is 1. The van der Waals surface area contributed by atoms with Gasteiger partial charge in [-0.1, -0.05) is 13.8 Å². The van der Waals surface area contributed by atoms with E-state index in [1.165, 1.54) is 13.0 Å². The molecule has 0 amide bonds. The lowest BCUT2D eigenvalue weighted by Crippen LogP contribution is -2.02. The van der Waals surface area contributed by atoms with E-state index in [0.717, 1.165) is 18.2 Å². The summed E-state index contributed by atoms with van der Waals surface area (Å²) in [6, 6.07) is 4.32. The zero-order valence-electron chi connectivity index (χ0n) is 12.1. The average Bonchev–Trinajstić information content (AvgIpc) is 2.42. The Hall–Kier alpha value is -1.68. The van der Waals surface area contributed by atoms with E-state index < -0.39 is 35.8 Å². The lowest BCUT2D eigenvalue weighted by Gasteiger charge is -2.09. The highest BCUT2D eigenvalue weighted by atomic mass is 32.2. The zero-order valence-corrected chi connectivity index (χ0v) is 13.7. The van der Waals surface area contributed by atoms with Crippen molar-refractivity contribution in [3.05, 3.63) is 29.8 Å². The van der Waals surface area contributed by atoms with E-state index in [1.807, 2.05) is 13.8 Å². The molecule has 22 heavy (non-hydrogen) atoms. The molecule has 2 rings (SSSR count). The Morgan fingerprint density at radius 2 is 1.45 bits per heavy atom. The van der Waals surface area contributed by atoms with Crippen molar-refractivity contribution in [2.45, 2.75) is 30.6 Å². The average molecular weight is 348 g/mol. The van der Waals surface area contributed by atoms with Gasteiger partial charge in [-0.3, -0.25) is 9.11 Å². The van der Waals surface area contributed by atoms with Crippen LogP contribution in [0.1, 0.15) is 19.4 Å². The number of aromatic hydroxyl groups is 1. The number of hydrogen-bond donors (Lipinski definition) is 3. The van der Waals surface area contributed by atoms with Gasteiger partial charge < -0.3 is 5.11 Å². The number of phenolic OH excluding ortho intramolecular Hbond substituents is 1. The van der Waals surface area contributed by atoms with E-state index >= 15 is 0 Å². The zero-order chi connectivity index (χ0) is 17.3. The summed E-state index contributed by atoms with van der Waals surface area (Å²) < 4.78 is 62.5. The Labute approximate surface area is 128 Å². The van der Waals surface area contributed by atoms with Crippen LogP contribution in [-0.2, 0) is 20.2 Å². The summed E-state index contributed by atoms with van der Waals surface area (Å²) in [6.45, 7) is 5.30. The Morgan fingerprint density at radius 3 is 1.91 bits per heavy atom. The van der Waals surface area contributed by atoms with E-state index in [2.05, 4.69) is 0 Å². The number of benzene rings is 2. The van der Waals surface area contributed by atoms with Crippen LogP contribution in [0.2, 0.25) is 0 Å². The minimum Gasteiger partial charge on any atom is -0.507 e. The van der Waals surface area contributed by atoms with Gasteiger partial charge >= 0.3 is 0 Å². The van der Waals surface area contributed by atoms with Crippen LogP contribution < -0.4 is 0 Å². The maximum Gasteiger partial charge on any atom is 0.294 e. The Bertz CT molecular complexity index is 913. The van der Waals surface area contributed by atoms with Gasteiger partial charge in [-0.25, -0.2) is 0 Å². The van der Waals surface area contributed by atoms with Crippen LogP contribution in [0.3, 0.4) is 0 Å². The van der Waals surface area contributed by atoms with Gasteiger partial charge in [0.05, 0.1) is 4.90 Å². The minimum absolute atomic E-state index is 0.0517. The molecule has 0 bridgehead atoms. The van der Waals surface area contributed by atoms with Crippen molar-refractivity contribution in [2.75, 3.05) is 0 Å². The Morgan fingerprint density at radius 1 is 0.909 bits per heavy atom. The van der Waals surface area contributed by atoms with Gasteiger partial charge in [0.15, 0.2) is 0 Å². The van der Waals surface area contributed by atoms with Crippen molar-refractivity contribution < 1.29 is 31.0 Å². The smallest absolute Gasteiger partial charge is 0.294 e. The molecule has 0 spiro atoms. The van der Waals surface area contributed by atoms with Crippen LogP contribution >= 0.6 is 0 Å². The second-order valence-corrected chi connectivity index (χ2v) is 6.99. The van der Waals surface area contributed by atoms with Crippen molar-refractivity contribution in [3.63, 3.8) is 0 Å². The first-order valence-electron chi connectivity index (χ1n) is 6.23. The topological polar surface area (TPSA) is 129 Å². The molecule has 2 aromatic rings. The van der Waals surface area contributed by atoms with E-state index in [-0.39, 0.29) is 16.3 Å². The summed E-state index contributed by atoms with van der Waals surface area (Å²) in [5.74, 6) is -0.392. The highest BCUT2D eigenvalue weighted by Crippen LogP contribution is 2.34. The van der Waals surface area contributed by atoms with Gasteiger partial charge in [0.25, 0.3) is 20.2 Å². The van der Waals surface area contributed by atoms with Crippen LogP contribution in [-0.4, -0.2) is 31.0 Å². The summed E-state index contributed by atoms with van der Waals surface area (Å²) in [5, 5.41) is 10.2. The summed E-state index contributed by atoms with van der Waals surface area (Å²) in [5.41, 5.74) is -0.0559. The second-order valence-electron chi connectivity index (χ2n) is 4.18. The van der Waals surface area contributed by atoms with Crippen LogP contribution in [0.25, 0.3) is 10.8 Å². The molecule has 0 unspecified atom stereocenters.